The van der Waals surface area contributed by atoms with Crippen molar-refractivity contribution in [2.24, 2.45) is 0 Å². The van der Waals surface area contributed by atoms with Gasteiger partial charge in [-0.15, -0.1) is 0 Å². The highest BCUT2D eigenvalue weighted by Gasteiger charge is 2.08. The Morgan fingerprint density at radius 2 is 1.71 bits per heavy atom. The summed E-state index contributed by atoms with van der Waals surface area (Å²) in [7, 11) is 0. The Labute approximate surface area is 172 Å². The molecule has 0 aliphatic heterocycles. The first-order chi connectivity index (χ1) is 13.6. The van der Waals surface area contributed by atoms with E-state index in [4.69, 9.17) is 0 Å². The molecule has 0 spiro atoms. The molecule has 1 heterocycles. The van der Waals surface area contributed by atoms with Crippen LogP contribution >= 0.6 is 15.9 Å². The summed E-state index contributed by atoms with van der Waals surface area (Å²) in [5.74, 6) is 0.872. The Morgan fingerprint density at radius 1 is 0.964 bits per heavy atom. The predicted octanol–water partition coefficient (Wildman–Crippen LogP) is 3.46. The summed E-state index contributed by atoms with van der Waals surface area (Å²) >= 11 is 3.72. The molecule has 0 bridgehead atoms. The minimum absolute atomic E-state index is 0.0666. The highest BCUT2D eigenvalue weighted by atomic mass is 79.9. The topological polar surface area (TPSA) is 91.8 Å². The molecule has 144 valence electrons. The number of nitrogens with zero attached hydrogens (tertiary/aromatic N) is 3. The number of rotatable bonds is 8. The van der Waals surface area contributed by atoms with Crippen molar-refractivity contribution in [3.8, 4) is 11.1 Å². The molecular weight excluding hydrogens is 420 g/mol. The monoisotopic (exact) mass is 440 g/mol. The van der Waals surface area contributed by atoms with Gasteiger partial charge >= 0.3 is 0 Å². The van der Waals surface area contributed by atoms with Gasteiger partial charge in [-0.3, -0.25) is 4.79 Å². The van der Waals surface area contributed by atoms with Gasteiger partial charge in [0.1, 0.15) is 6.33 Å². The Balaban J connectivity index is 1.63. The molecule has 0 atom stereocenters. The van der Waals surface area contributed by atoms with E-state index >= 15 is 0 Å². The van der Waals surface area contributed by atoms with Crippen LogP contribution in [0.4, 0.5) is 11.9 Å². The van der Waals surface area contributed by atoms with Crippen molar-refractivity contribution < 1.29 is 4.79 Å². The molecule has 8 heteroatoms. The van der Waals surface area contributed by atoms with E-state index in [9.17, 15) is 4.79 Å². The van der Waals surface area contributed by atoms with Gasteiger partial charge in [0, 0.05) is 31.0 Å². The molecule has 0 fully saturated rings. The number of hydrogen-bond donors (Lipinski definition) is 3. The minimum atomic E-state index is -0.0666. The van der Waals surface area contributed by atoms with Gasteiger partial charge in [-0.25, -0.2) is 9.97 Å². The van der Waals surface area contributed by atoms with E-state index in [1.165, 1.54) is 13.3 Å². The van der Waals surface area contributed by atoms with Crippen molar-refractivity contribution >= 4 is 33.7 Å². The van der Waals surface area contributed by atoms with E-state index < -0.39 is 0 Å². The van der Waals surface area contributed by atoms with Crippen molar-refractivity contribution in [1.29, 1.82) is 0 Å². The van der Waals surface area contributed by atoms with E-state index in [-0.39, 0.29) is 5.91 Å². The maximum Gasteiger partial charge on any atom is 0.227 e. The number of amides is 1. The molecule has 3 N–H and O–H groups in total. The van der Waals surface area contributed by atoms with Crippen LogP contribution in [0, 0.1) is 0 Å². The van der Waals surface area contributed by atoms with Crippen molar-refractivity contribution in [2.75, 3.05) is 23.7 Å². The molecular formula is C20H21BrN6O. The lowest BCUT2D eigenvalue weighted by Gasteiger charge is -2.12. The second-order valence-corrected chi connectivity index (χ2v) is 6.83. The molecule has 3 aromatic rings. The largest absolute Gasteiger partial charge is 0.355 e. The highest BCUT2D eigenvalue weighted by molar-refractivity contribution is 9.10. The summed E-state index contributed by atoms with van der Waals surface area (Å²) in [6, 6.07) is 16.4. The fourth-order valence-corrected chi connectivity index (χ4v) is 3.24. The third-order valence-corrected chi connectivity index (χ3v) is 4.89. The van der Waals surface area contributed by atoms with E-state index in [1.54, 1.807) is 0 Å². The SMILES string of the molecule is CC(=O)NCCNc1ncnc(NCc2cccc(-c3ccccc3)c2Br)n1. The minimum Gasteiger partial charge on any atom is -0.355 e. The van der Waals surface area contributed by atoms with Crippen LogP contribution in [-0.2, 0) is 11.3 Å². The number of nitrogens with one attached hydrogen (secondary N) is 3. The Morgan fingerprint density at radius 3 is 2.46 bits per heavy atom. The van der Waals surface area contributed by atoms with Crippen LogP contribution in [0.2, 0.25) is 0 Å². The number of benzene rings is 2. The standard InChI is InChI=1S/C20H21BrN6O/c1-14(28)22-10-11-23-19-25-13-26-20(27-19)24-12-16-8-5-9-17(18(16)21)15-6-3-2-4-7-15/h2-9,13H,10-12H2,1H3,(H,22,28)(H2,23,24,25,26,27). The van der Waals surface area contributed by atoms with Crippen LogP contribution in [0.15, 0.2) is 59.3 Å². The van der Waals surface area contributed by atoms with Gasteiger partial charge in [-0.2, -0.15) is 4.98 Å². The molecule has 0 saturated heterocycles. The van der Waals surface area contributed by atoms with Gasteiger partial charge < -0.3 is 16.0 Å². The number of carbonyl (C=O) groups excluding carboxylic acids is 1. The summed E-state index contributed by atoms with van der Waals surface area (Å²) in [5.41, 5.74) is 3.39. The lowest BCUT2D eigenvalue weighted by Crippen LogP contribution is -2.26. The van der Waals surface area contributed by atoms with Crippen molar-refractivity contribution in [3.05, 3.63) is 64.9 Å². The molecule has 2 aromatic carbocycles. The summed E-state index contributed by atoms with van der Waals surface area (Å²) in [6.45, 7) is 3.09. The molecule has 7 nitrogen and oxygen atoms in total. The quantitative estimate of drug-likeness (QED) is 0.464. The van der Waals surface area contributed by atoms with Crippen LogP contribution in [0.25, 0.3) is 11.1 Å². The molecule has 28 heavy (non-hydrogen) atoms. The molecule has 0 unspecified atom stereocenters. The van der Waals surface area contributed by atoms with Gasteiger partial charge in [0.25, 0.3) is 0 Å². The van der Waals surface area contributed by atoms with Crippen LogP contribution in [0.3, 0.4) is 0 Å². The number of anilines is 2. The molecule has 0 radical (unpaired) electrons. The normalized spacial score (nSPS) is 10.4. The zero-order valence-electron chi connectivity index (χ0n) is 15.4. The average Bonchev–Trinajstić information content (AvgIpc) is 2.71. The first-order valence-corrected chi connectivity index (χ1v) is 9.67. The highest BCUT2D eigenvalue weighted by Crippen LogP contribution is 2.31. The third kappa shape index (κ3) is 5.50. The Hall–Kier alpha value is -3.00. The van der Waals surface area contributed by atoms with E-state index in [1.807, 2.05) is 24.3 Å². The lowest BCUT2D eigenvalue weighted by molar-refractivity contribution is -0.118. The molecule has 1 aromatic heterocycles. The van der Waals surface area contributed by atoms with E-state index in [2.05, 4.69) is 71.1 Å². The Kier molecular flexibility index (Phi) is 6.91. The fourth-order valence-electron chi connectivity index (χ4n) is 2.61. The molecule has 1 amide bonds. The smallest absolute Gasteiger partial charge is 0.227 e. The average molecular weight is 441 g/mol. The van der Waals surface area contributed by atoms with Crippen LogP contribution in [-0.4, -0.2) is 33.9 Å². The van der Waals surface area contributed by atoms with Gasteiger partial charge in [-0.05, 0) is 32.6 Å². The predicted molar refractivity (Wildman–Crippen MR) is 114 cm³/mol. The summed E-state index contributed by atoms with van der Waals surface area (Å²) < 4.78 is 1.04. The fraction of sp³-hybridized carbons (Fsp3) is 0.200. The summed E-state index contributed by atoms with van der Waals surface area (Å²) in [4.78, 5) is 23.5. The van der Waals surface area contributed by atoms with Gasteiger partial charge in [0.2, 0.25) is 17.8 Å². The van der Waals surface area contributed by atoms with Crippen LogP contribution in [0.1, 0.15) is 12.5 Å². The second-order valence-electron chi connectivity index (χ2n) is 6.04. The van der Waals surface area contributed by atoms with Crippen molar-refractivity contribution in [3.63, 3.8) is 0 Å². The van der Waals surface area contributed by atoms with Gasteiger partial charge in [-0.1, -0.05) is 48.5 Å². The van der Waals surface area contributed by atoms with Crippen LogP contribution in [0.5, 0.6) is 0 Å². The zero-order chi connectivity index (χ0) is 19.8. The third-order valence-electron chi connectivity index (χ3n) is 3.95. The maximum absolute atomic E-state index is 10.9. The number of hydrogen-bond acceptors (Lipinski definition) is 6. The van der Waals surface area contributed by atoms with Crippen LogP contribution < -0.4 is 16.0 Å². The molecule has 3 rings (SSSR count). The molecule has 0 saturated carbocycles. The molecule has 0 aliphatic carbocycles. The zero-order valence-corrected chi connectivity index (χ0v) is 17.0. The van der Waals surface area contributed by atoms with E-state index in [0.717, 1.165) is 21.2 Å². The summed E-state index contributed by atoms with van der Waals surface area (Å²) in [5, 5.41) is 8.99. The molecule has 0 aliphatic rings. The summed E-state index contributed by atoms with van der Waals surface area (Å²) in [6.07, 6.45) is 1.45. The van der Waals surface area contributed by atoms with Gasteiger partial charge in [0.05, 0.1) is 0 Å². The lowest BCUT2D eigenvalue weighted by atomic mass is 10.0. The first-order valence-electron chi connectivity index (χ1n) is 8.87. The number of halogens is 1. The Bertz CT molecular complexity index is 935. The van der Waals surface area contributed by atoms with Crippen molar-refractivity contribution in [1.82, 2.24) is 20.3 Å². The van der Waals surface area contributed by atoms with Crippen molar-refractivity contribution in [2.45, 2.75) is 13.5 Å². The maximum atomic E-state index is 10.9. The number of aromatic nitrogens is 3. The first kappa shape index (κ1) is 19.8. The van der Waals surface area contributed by atoms with Gasteiger partial charge in [0.15, 0.2) is 0 Å². The number of carbonyl (C=O) groups is 1. The van der Waals surface area contributed by atoms with E-state index in [0.29, 0.717) is 31.5 Å². The second kappa shape index (κ2) is 9.80.